The second-order valence-corrected chi connectivity index (χ2v) is 8.64. The topological polar surface area (TPSA) is 37.3 Å². The zero-order chi connectivity index (χ0) is 19.1. The van der Waals surface area contributed by atoms with Gasteiger partial charge in [-0.2, -0.15) is 0 Å². The molecule has 0 aliphatic heterocycles. The third-order valence-electron chi connectivity index (χ3n) is 5.80. The van der Waals surface area contributed by atoms with E-state index >= 15 is 0 Å². The molecule has 0 amide bonds. The van der Waals surface area contributed by atoms with Gasteiger partial charge >= 0.3 is 5.97 Å². The molecule has 0 aromatic heterocycles. The summed E-state index contributed by atoms with van der Waals surface area (Å²) in [5.41, 5.74) is 6.14. The van der Waals surface area contributed by atoms with E-state index in [0.717, 1.165) is 23.1 Å². The summed E-state index contributed by atoms with van der Waals surface area (Å²) in [4.78, 5) is 11.8. The van der Waals surface area contributed by atoms with Gasteiger partial charge in [-0.3, -0.25) is 0 Å². The monoisotopic (exact) mass is 348 g/mol. The Balaban J connectivity index is 2.23. The van der Waals surface area contributed by atoms with E-state index in [0.29, 0.717) is 5.56 Å². The molecule has 1 N–H and O–H groups in total. The van der Waals surface area contributed by atoms with Gasteiger partial charge in [0.25, 0.3) is 0 Å². The van der Waals surface area contributed by atoms with Gasteiger partial charge in [-0.05, 0) is 70.5 Å². The fraction of sp³-hybridized carbons (Fsp3) is 0.375. The minimum absolute atomic E-state index is 0.102. The van der Waals surface area contributed by atoms with Crippen molar-refractivity contribution in [1.82, 2.24) is 0 Å². The number of fused-ring (bicyclic) bond motifs is 1. The Hall–Kier alpha value is -2.35. The van der Waals surface area contributed by atoms with E-state index in [1.54, 1.807) is 6.07 Å². The maximum absolute atomic E-state index is 11.8. The van der Waals surface area contributed by atoms with Crippen LogP contribution in [0.4, 0.5) is 0 Å². The maximum Gasteiger partial charge on any atom is 0.336 e. The fourth-order valence-electron chi connectivity index (χ4n) is 4.04. The Morgan fingerprint density at radius 1 is 0.962 bits per heavy atom. The van der Waals surface area contributed by atoms with E-state index in [2.05, 4.69) is 45.9 Å². The van der Waals surface area contributed by atoms with E-state index in [-0.39, 0.29) is 10.8 Å². The van der Waals surface area contributed by atoms with E-state index in [1.165, 1.54) is 17.5 Å². The van der Waals surface area contributed by atoms with E-state index in [1.807, 2.05) is 31.2 Å². The van der Waals surface area contributed by atoms with Gasteiger partial charge in [0.1, 0.15) is 0 Å². The lowest BCUT2D eigenvalue weighted by molar-refractivity contribution is 0.0697. The molecule has 0 fully saturated rings. The quantitative estimate of drug-likeness (QED) is 0.693. The van der Waals surface area contributed by atoms with Crippen molar-refractivity contribution in [1.29, 1.82) is 0 Å². The summed E-state index contributed by atoms with van der Waals surface area (Å²) in [5.74, 6) is -0.885. The van der Waals surface area contributed by atoms with Crippen LogP contribution in [0.25, 0.3) is 17.2 Å². The molecule has 1 aliphatic carbocycles. The molecule has 0 saturated carbocycles. The molecule has 3 rings (SSSR count). The van der Waals surface area contributed by atoms with Crippen molar-refractivity contribution in [3.8, 4) is 11.1 Å². The first-order valence-corrected chi connectivity index (χ1v) is 9.31. The lowest BCUT2D eigenvalue weighted by Gasteiger charge is -2.42. The van der Waals surface area contributed by atoms with Crippen molar-refractivity contribution >= 4 is 12.0 Å². The number of rotatable bonds is 3. The van der Waals surface area contributed by atoms with E-state index in [9.17, 15) is 9.90 Å². The van der Waals surface area contributed by atoms with Crippen LogP contribution in [-0.4, -0.2) is 11.1 Å². The highest BCUT2D eigenvalue weighted by Gasteiger charge is 2.37. The SMILES string of the molecule is C/C=C/c1ccc(C(=O)O)c(-c2ccc3c(c2)C(C)(C)CCC3(C)C)c1. The summed E-state index contributed by atoms with van der Waals surface area (Å²) < 4.78 is 0. The van der Waals surface area contributed by atoms with Gasteiger partial charge in [0.2, 0.25) is 0 Å². The lowest BCUT2D eigenvalue weighted by Crippen LogP contribution is -2.33. The smallest absolute Gasteiger partial charge is 0.336 e. The highest BCUT2D eigenvalue weighted by Crippen LogP contribution is 2.47. The highest BCUT2D eigenvalue weighted by atomic mass is 16.4. The van der Waals surface area contributed by atoms with Gasteiger partial charge in [-0.25, -0.2) is 4.79 Å². The predicted molar refractivity (Wildman–Crippen MR) is 109 cm³/mol. The van der Waals surface area contributed by atoms with Crippen LogP contribution in [0.3, 0.4) is 0 Å². The van der Waals surface area contributed by atoms with Crippen molar-refractivity contribution < 1.29 is 9.90 Å². The minimum Gasteiger partial charge on any atom is -0.478 e. The summed E-state index contributed by atoms with van der Waals surface area (Å²) in [5, 5.41) is 9.65. The summed E-state index contributed by atoms with van der Waals surface area (Å²) in [7, 11) is 0. The molecule has 2 heteroatoms. The standard InChI is InChI=1S/C24H28O2/c1-6-7-16-8-10-18(22(25)26)19(14-16)17-9-11-20-21(15-17)24(4,5)13-12-23(20,2)3/h6-11,14-15H,12-13H2,1-5H3,(H,25,26)/b7-6+. The van der Waals surface area contributed by atoms with Crippen molar-refractivity contribution in [3.05, 3.63) is 64.7 Å². The Kier molecular flexibility index (Phi) is 4.56. The van der Waals surface area contributed by atoms with Crippen LogP contribution >= 0.6 is 0 Å². The molecule has 136 valence electrons. The summed E-state index contributed by atoms with van der Waals surface area (Å²) in [6.45, 7) is 11.2. The summed E-state index contributed by atoms with van der Waals surface area (Å²) in [6.07, 6.45) is 6.28. The molecule has 2 aromatic rings. The zero-order valence-electron chi connectivity index (χ0n) is 16.4. The number of carboxylic acids is 1. The Bertz CT molecular complexity index is 885. The van der Waals surface area contributed by atoms with Gasteiger partial charge in [0.05, 0.1) is 5.56 Å². The molecule has 0 atom stereocenters. The number of hydrogen-bond acceptors (Lipinski definition) is 1. The molecule has 2 nitrogen and oxygen atoms in total. The summed E-state index contributed by atoms with van der Waals surface area (Å²) >= 11 is 0. The van der Waals surface area contributed by atoms with Gasteiger partial charge in [-0.15, -0.1) is 0 Å². The third kappa shape index (κ3) is 3.21. The Morgan fingerprint density at radius 3 is 2.23 bits per heavy atom. The van der Waals surface area contributed by atoms with Crippen LogP contribution in [0.1, 0.15) is 74.5 Å². The third-order valence-corrected chi connectivity index (χ3v) is 5.80. The average molecular weight is 348 g/mol. The minimum atomic E-state index is -0.885. The van der Waals surface area contributed by atoms with Crippen LogP contribution in [0.15, 0.2) is 42.5 Å². The second kappa shape index (κ2) is 6.42. The van der Waals surface area contributed by atoms with Gasteiger partial charge in [0.15, 0.2) is 0 Å². The number of allylic oxidation sites excluding steroid dienone is 1. The number of carbonyl (C=O) groups is 1. The zero-order valence-corrected chi connectivity index (χ0v) is 16.4. The first-order chi connectivity index (χ1) is 12.2. The molecule has 26 heavy (non-hydrogen) atoms. The maximum atomic E-state index is 11.8. The van der Waals surface area contributed by atoms with E-state index < -0.39 is 5.97 Å². The predicted octanol–water partition coefficient (Wildman–Crippen LogP) is 6.43. The molecule has 0 bridgehead atoms. The molecule has 1 aliphatic rings. The molecule has 2 aromatic carbocycles. The number of aromatic carboxylic acids is 1. The van der Waals surface area contributed by atoms with Crippen molar-refractivity contribution in [2.45, 2.75) is 58.3 Å². The lowest BCUT2D eigenvalue weighted by atomic mass is 9.63. The molecule has 0 saturated heterocycles. The molecule has 0 heterocycles. The van der Waals surface area contributed by atoms with Crippen LogP contribution in [0, 0.1) is 0 Å². The second-order valence-electron chi connectivity index (χ2n) is 8.64. The first kappa shape index (κ1) is 18.4. The Morgan fingerprint density at radius 2 is 1.62 bits per heavy atom. The highest BCUT2D eigenvalue weighted by molar-refractivity contribution is 5.96. The molecule has 0 spiro atoms. The number of carboxylic acid groups (broad SMARTS) is 1. The van der Waals surface area contributed by atoms with Crippen molar-refractivity contribution in [2.75, 3.05) is 0 Å². The van der Waals surface area contributed by atoms with Crippen LogP contribution in [0.2, 0.25) is 0 Å². The molecule has 0 unspecified atom stereocenters. The fourth-order valence-corrected chi connectivity index (χ4v) is 4.04. The van der Waals surface area contributed by atoms with Crippen LogP contribution < -0.4 is 0 Å². The van der Waals surface area contributed by atoms with Crippen molar-refractivity contribution in [2.24, 2.45) is 0 Å². The summed E-state index contributed by atoms with van der Waals surface area (Å²) in [6, 6.07) is 12.1. The van der Waals surface area contributed by atoms with Gasteiger partial charge in [0, 0.05) is 0 Å². The largest absolute Gasteiger partial charge is 0.478 e. The first-order valence-electron chi connectivity index (χ1n) is 9.31. The molecular formula is C24H28O2. The number of hydrogen-bond donors (Lipinski definition) is 1. The normalized spacial score (nSPS) is 17.9. The molecular weight excluding hydrogens is 320 g/mol. The average Bonchev–Trinajstić information content (AvgIpc) is 2.59. The molecule has 0 radical (unpaired) electrons. The van der Waals surface area contributed by atoms with Gasteiger partial charge in [-0.1, -0.05) is 64.1 Å². The van der Waals surface area contributed by atoms with Crippen LogP contribution in [0.5, 0.6) is 0 Å². The van der Waals surface area contributed by atoms with E-state index in [4.69, 9.17) is 0 Å². The number of benzene rings is 2. The van der Waals surface area contributed by atoms with Crippen molar-refractivity contribution in [3.63, 3.8) is 0 Å². The Labute approximate surface area is 156 Å². The van der Waals surface area contributed by atoms with Gasteiger partial charge < -0.3 is 5.11 Å². The van der Waals surface area contributed by atoms with Crippen LogP contribution in [-0.2, 0) is 10.8 Å².